The van der Waals surface area contributed by atoms with Crippen LogP contribution in [0.15, 0.2) is 60.6 Å². The first-order valence-corrected chi connectivity index (χ1v) is 7.58. The molecule has 0 saturated carbocycles. The lowest BCUT2D eigenvalue weighted by molar-refractivity contribution is 0.877. The number of benzene rings is 2. The zero-order valence-electron chi connectivity index (χ0n) is 21.0. The van der Waals surface area contributed by atoms with Crippen LogP contribution in [0.2, 0.25) is 0 Å². The van der Waals surface area contributed by atoms with Crippen LogP contribution >= 0.6 is 11.3 Å². The molecule has 0 N–H and O–H groups in total. The number of rotatable bonds is 2. The Kier molecular flexibility index (Phi) is 1.64. The van der Waals surface area contributed by atoms with Gasteiger partial charge in [-0.1, -0.05) is 50.1 Å². The Bertz CT molecular complexity index is 1400. The van der Waals surface area contributed by atoms with E-state index in [1.807, 2.05) is 0 Å². The van der Waals surface area contributed by atoms with Gasteiger partial charge in [0.2, 0.25) is 0 Å². The van der Waals surface area contributed by atoms with Crippen molar-refractivity contribution in [3.05, 3.63) is 66.2 Å². The second-order valence-corrected chi connectivity index (χ2v) is 6.12. The van der Waals surface area contributed by atoms with Crippen molar-refractivity contribution in [2.75, 3.05) is 0 Å². The van der Waals surface area contributed by atoms with Gasteiger partial charge in [-0.25, -0.2) is 0 Å². The van der Waals surface area contributed by atoms with Crippen LogP contribution in [-0.2, 0) is 0 Å². The highest BCUT2D eigenvalue weighted by Crippen LogP contribution is 2.42. The highest BCUT2D eigenvalue weighted by molar-refractivity contribution is 7.26. The van der Waals surface area contributed by atoms with Gasteiger partial charge >= 0.3 is 0 Å². The third-order valence-electron chi connectivity index (χ3n) is 3.47. The lowest BCUT2D eigenvalue weighted by atomic mass is 9.96. The van der Waals surface area contributed by atoms with Crippen molar-refractivity contribution in [2.45, 2.75) is 19.7 Å². The molecule has 2 aromatic carbocycles. The molecule has 1 nitrogen and oxygen atoms in total. The lowest BCUT2D eigenvalue weighted by Crippen LogP contribution is -1.87. The molecule has 4 rings (SSSR count). The van der Waals surface area contributed by atoms with Gasteiger partial charge in [-0.15, -0.1) is 11.3 Å². The van der Waals surface area contributed by atoms with E-state index in [0.29, 0.717) is 25.7 Å². The van der Waals surface area contributed by atoms with Gasteiger partial charge in [-0.05, 0) is 29.6 Å². The number of aromatic nitrogens is 1. The number of nitrogens with zero attached hydrogens (tertiary/aromatic N) is 1. The van der Waals surface area contributed by atoms with Crippen LogP contribution in [0.1, 0.15) is 37.6 Å². The first kappa shape index (κ1) is 6.93. The molecule has 0 atom stereocenters. The summed E-state index contributed by atoms with van der Waals surface area (Å²) >= 11 is 1.11. The van der Waals surface area contributed by atoms with E-state index in [2.05, 4.69) is 4.98 Å². The zero-order chi connectivity index (χ0) is 23.0. The van der Waals surface area contributed by atoms with E-state index >= 15 is 0 Å². The summed E-state index contributed by atoms with van der Waals surface area (Å²) < 4.78 is 74.7. The van der Waals surface area contributed by atoms with E-state index in [1.54, 1.807) is 19.9 Å². The smallest absolute Gasteiger partial charge is 0.0840 e. The van der Waals surface area contributed by atoms with E-state index < -0.39 is 24.2 Å². The summed E-state index contributed by atoms with van der Waals surface area (Å²) in [6.45, 7) is 3.18. The molecule has 0 aliphatic carbocycles. The SMILES string of the molecule is [2H]c1nc(-c2ccc([2H])c3c2sc2c([2H])c([2H])c([2H])c(C([2H])(C)C)c23)c([2H])c([2H])c1[2H]. The molecule has 0 saturated heterocycles. The summed E-state index contributed by atoms with van der Waals surface area (Å²) in [6, 6.07) is 1.29. The quantitative estimate of drug-likeness (QED) is 0.427. The molecule has 2 heterocycles. The molecule has 0 amide bonds. The summed E-state index contributed by atoms with van der Waals surface area (Å²) in [5, 5.41) is 0.794. The molecule has 0 unspecified atom stereocenters. The molecular formula is C20H17NS. The molecule has 108 valence electrons. The fourth-order valence-electron chi connectivity index (χ4n) is 2.50. The highest BCUT2D eigenvalue weighted by Gasteiger charge is 2.14. The maximum Gasteiger partial charge on any atom is 0.0840 e. The average molecular weight is 312 g/mol. The summed E-state index contributed by atoms with van der Waals surface area (Å²) in [6.07, 6.45) is -0.434. The van der Waals surface area contributed by atoms with Gasteiger partial charge in [0.25, 0.3) is 0 Å². The van der Waals surface area contributed by atoms with Crippen LogP contribution < -0.4 is 0 Å². The van der Waals surface area contributed by atoms with Gasteiger partial charge in [-0.2, -0.15) is 0 Å². The van der Waals surface area contributed by atoms with Crippen LogP contribution in [0.25, 0.3) is 31.4 Å². The number of thiophene rings is 1. The number of fused-ring (bicyclic) bond motifs is 3. The van der Waals surface area contributed by atoms with Gasteiger partial charge in [0.1, 0.15) is 0 Å². The largest absolute Gasteiger partial charge is 0.256 e. The monoisotopic (exact) mass is 312 g/mol. The Labute approximate surface area is 146 Å². The minimum absolute atomic E-state index is 0.0259. The van der Waals surface area contributed by atoms with E-state index in [0.717, 1.165) is 11.3 Å². The maximum atomic E-state index is 8.55. The highest BCUT2D eigenvalue weighted by atomic mass is 32.1. The third kappa shape index (κ3) is 2.03. The predicted molar refractivity (Wildman–Crippen MR) is 96.7 cm³/mol. The van der Waals surface area contributed by atoms with Gasteiger partial charge < -0.3 is 0 Å². The average Bonchev–Trinajstić information content (AvgIpc) is 3.08. The number of hydrogen-bond acceptors (Lipinski definition) is 2. The Hall–Kier alpha value is -2.19. The van der Waals surface area contributed by atoms with Crippen molar-refractivity contribution in [1.29, 1.82) is 0 Å². The lowest BCUT2D eigenvalue weighted by Gasteiger charge is -2.07. The maximum absolute atomic E-state index is 8.55. The van der Waals surface area contributed by atoms with Crippen molar-refractivity contribution < 1.29 is 12.3 Å². The van der Waals surface area contributed by atoms with Gasteiger partial charge in [0, 0.05) is 33.3 Å². The second kappa shape index (κ2) is 5.22. The van der Waals surface area contributed by atoms with Crippen molar-refractivity contribution in [3.63, 3.8) is 0 Å². The number of hydrogen-bond donors (Lipinski definition) is 0. The first-order chi connectivity index (χ1) is 14.4. The van der Waals surface area contributed by atoms with E-state index in [1.165, 1.54) is 6.07 Å². The predicted octanol–water partition coefficient (Wildman–Crippen LogP) is 6.24. The van der Waals surface area contributed by atoms with Crippen molar-refractivity contribution in [3.8, 4) is 11.3 Å². The summed E-state index contributed by atoms with van der Waals surface area (Å²) in [4.78, 5) is 4.04. The third-order valence-corrected chi connectivity index (χ3v) is 4.60. The van der Waals surface area contributed by atoms with Gasteiger partial charge in [-0.3, -0.25) is 4.98 Å². The van der Waals surface area contributed by atoms with E-state index in [-0.39, 0.29) is 41.5 Å². The van der Waals surface area contributed by atoms with Crippen LogP contribution in [0.3, 0.4) is 0 Å². The van der Waals surface area contributed by atoms with Gasteiger partial charge in [0.15, 0.2) is 0 Å². The molecule has 2 aromatic heterocycles. The zero-order valence-corrected chi connectivity index (χ0v) is 12.8. The number of pyridine rings is 1. The fraction of sp³-hybridized carbons (Fsp3) is 0.150. The molecule has 0 aliphatic rings. The Morgan fingerprint density at radius 1 is 1.14 bits per heavy atom. The molecule has 0 aliphatic heterocycles. The van der Waals surface area contributed by atoms with Crippen LogP contribution in [-0.4, -0.2) is 4.98 Å². The summed E-state index contributed by atoms with van der Waals surface area (Å²) in [7, 11) is 0. The molecule has 2 heteroatoms. The first-order valence-electron chi connectivity index (χ1n) is 11.3. The summed E-state index contributed by atoms with van der Waals surface area (Å²) in [5.74, 6) is -1.26. The van der Waals surface area contributed by atoms with Crippen molar-refractivity contribution >= 4 is 31.5 Å². The molecular weight excluding hydrogens is 286 g/mol. The van der Waals surface area contributed by atoms with Gasteiger partial charge in [0.05, 0.1) is 16.7 Å². The summed E-state index contributed by atoms with van der Waals surface area (Å²) in [5.41, 5.74) is 0.659. The van der Waals surface area contributed by atoms with Crippen LogP contribution in [0.4, 0.5) is 0 Å². The standard InChI is InChI=1S/C20H17NS/c1-13(2)14-7-6-11-18-19(14)16-9-5-8-15(20(16)22-18)17-10-3-4-12-21-17/h3-13H,1-2H3/i3D,4D,6D,7D,9D,10D,11D,12D,13D. The topological polar surface area (TPSA) is 12.9 Å². The van der Waals surface area contributed by atoms with Crippen LogP contribution in [0, 0.1) is 0 Å². The fourth-order valence-corrected chi connectivity index (χ4v) is 3.65. The molecule has 0 spiro atoms. The molecule has 22 heavy (non-hydrogen) atoms. The molecule has 0 bridgehead atoms. The second-order valence-electron chi connectivity index (χ2n) is 5.10. The Morgan fingerprint density at radius 3 is 2.91 bits per heavy atom. The molecule has 0 fully saturated rings. The molecule has 4 aromatic rings. The van der Waals surface area contributed by atoms with Crippen LogP contribution in [0.5, 0.6) is 0 Å². The Morgan fingerprint density at radius 2 is 2.05 bits per heavy atom. The Balaban J connectivity index is 2.26. The van der Waals surface area contributed by atoms with E-state index in [9.17, 15) is 0 Å². The van der Waals surface area contributed by atoms with Crippen molar-refractivity contribution in [1.82, 2.24) is 4.98 Å². The van der Waals surface area contributed by atoms with E-state index in [4.69, 9.17) is 12.3 Å². The minimum Gasteiger partial charge on any atom is -0.256 e. The minimum atomic E-state index is -1.26. The molecule has 0 radical (unpaired) electrons. The van der Waals surface area contributed by atoms with Crippen molar-refractivity contribution in [2.24, 2.45) is 0 Å². The normalized spacial score (nSPS) is 17.8.